The van der Waals surface area contributed by atoms with Crippen LogP contribution in [0.15, 0.2) is 79.1 Å². The number of piperazine rings is 1. The van der Waals surface area contributed by atoms with E-state index in [4.69, 9.17) is 0 Å². The summed E-state index contributed by atoms with van der Waals surface area (Å²) in [6.07, 6.45) is 2.99. The van der Waals surface area contributed by atoms with Crippen LogP contribution in [0.5, 0.6) is 5.88 Å². The number of likely N-dealkylation sites (N-methyl/N-ethyl adjacent to an activating group) is 1. The zero-order chi connectivity index (χ0) is 39.0. The van der Waals surface area contributed by atoms with Crippen LogP contribution in [0.3, 0.4) is 0 Å². The lowest BCUT2D eigenvalue weighted by Crippen LogP contribution is -2.48. The summed E-state index contributed by atoms with van der Waals surface area (Å²) in [5, 5.41) is 31.4. The standard InChI is InChI=1S/C38H37FN14O3/c1-41-33(54)30(18-23-5-7-24(20-40)8-6-23)48-38-50-36(44-21-31-46-28-10-9-26(39)19-29(28)47-31)49-37(51-38)45-27-4-2-3-25(17-27)22-52-13-15-53(16-14-52)35(56)32-34(55)43-12-11-42-32/h2-12,17,19,30H,13-16,18,21-22H2,1H3,(H,41,54)(H,43,55)(H,46,47)(H3,44,45,48,49,50,51). The molecule has 0 spiro atoms. The van der Waals surface area contributed by atoms with Gasteiger partial charge in [0.2, 0.25) is 29.6 Å². The van der Waals surface area contributed by atoms with Gasteiger partial charge in [0.25, 0.3) is 5.91 Å². The molecule has 3 aromatic carbocycles. The van der Waals surface area contributed by atoms with E-state index in [0.717, 1.165) is 11.1 Å². The van der Waals surface area contributed by atoms with Gasteiger partial charge in [-0.3, -0.25) is 14.5 Å². The van der Waals surface area contributed by atoms with Crippen LogP contribution in [0.4, 0.5) is 27.9 Å². The number of amides is 2. The maximum absolute atomic E-state index is 13.8. The molecule has 4 heterocycles. The monoisotopic (exact) mass is 756 g/mol. The molecule has 1 aliphatic rings. The van der Waals surface area contributed by atoms with E-state index in [9.17, 15) is 24.3 Å². The van der Waals surface area contributed by atoms with Crippen molar-refractivity contribution in [3.8, 4) is 11.9 Å². The van der Waals surface area contributed by atoms with Gasteiger partial charge in [0, 0.05) is 70.3 Å². The van der Waals surface area contributed by atoms with Gasteiger partial charge in [-0.15, -0.1) is 0 Å². The highest BCUT2D eigenvalue weighted by Gasteiger charge is 2.26. The van der Waals surface area contributed by atoms with E-state index in [1.165, 1.54) is 24.5 Å². The van der Waals surface area contributed by atoms with Crippen molar-refractivity contribution in [3.63, 3.8) is 0 Å². The smallest absolute Gasteiger partial charge is 0.278 e. The van der Waals surface area contributed by atoms with E-state index >= 15 is 0 Å². The van der Waals surface area contributed by atoms with Crippen LogP contribution in [0.2, 0.25) is 0 Å². The molecule has 56 heavy (non-hydrogen) atoms. The maximum Gasteiger partial charge on any atom is 0.278 e. The van der Waals surface area contributed by atoms with E-state index in [2.05, 4.69) is 67.1 Å². The Morgan fingerprint density at radius 3 is 2.46 bits per heavy atom. The quantitative estimate of drug-likeness (QED) is 0.0995. The first-order valence-corrected chi connectivity index (χ1v) is 17.7. The minimum absolute atomic E-state index is 0.0589. The number of benzene rings is 3. The van der Waals surface area contributed by atoms with Crippen molar-refractivity contribution in [3.05, 3.63) is 113 Å². The Labute approximate surface area is 320 Å². The van der Waals surface area contributed by atoms with Gasteiger partial charge in [0.05, 0.1) is 29.2 Å². The number of carbonyl (C=O) groups is 2. The largest absolute Gasteiger partial charge is 0.492 e. The Morgan fingerprint density at radius 1 is 0.929 bits per heavy atom. The highest BCUT2D eigenvalue weighted by molar-refractivity contribution is 5.94. The van der Waals surface area contributed by atoms with Crippen molar-refractivity contribution in [1.29, 1.82) is 5.26 Å². The number of H-pyrrole nitrogens is 1. The van der Waals surface area contributed by atoms with Crippen LogP contribution in [0, 0.1) is 17.1 Å². The second-order valence-electron chi connectivity index (χ2n) is 13.0. The predicted molar refractivity (Wildman–Crippen MR) is 204 cm³/mol. The SMILES string of the molecule is CNC(=O)C(Cc1ccc(C#N)cc1)Nc1nc(NCc2nc3cc(F)ccc3[nH]2)nc(Nc2cccc(CN3CCN(C(=O)c4nccnc4O)CC3)c2)n1. The van der Waals surface area contributed by atoms with E-state index in [-0.39, 0.29) is 54.2 Å². The lowest BCUT2D eigenvalue weighted by molar-refractivity contribution is -0.121. The number of anilines is 4. The zero-order valence-corrected chi connectivity index (χ0v) is 30.2. The van der Waals surface area contributed by atoms with Crippen molar-refractivity contribution in [1.82, 2.24) is 50.0 Å². The molecule has 0 saturated carbocycles. The van der Waals surface area contributed by atoms with Gasteiger partial charge in [-0.2, -0.15) is 20.2 Å². The van der Waals surface area contributed by atoms with E-state index < -0.39 is 11.9 Å². The molecule has 17 nitrogen and oxygen atoms in total. The third-order valence-electron chi connectivity index (χ3n) is 9.06. The first-order valence-electron chi connectivity index (χ1n) is 17.7. The van der Waals surface area contributed by atoms with Gasteiger partial charge >= 0.3 is 0 Å². The number of fused-ring (bicyclic) bond motifs is 1. The van der Waals surface area contributed by atoms with Crippen LogP contribution in [0.25, 0.3) is 11.0 Å². The summed E-state index contributed by atoms with van der Waals surface area (Å²) in [7, 11) is 1.54. The Hall–Kier alpha value is -7.26. The molecule has 0 bridgehead atoms. The third-order valence-corrected chi connectivity index (χ3v) is 9.06. The molecule has 1 fully saturated rings. The van der Waals surface area contributed by atoms with Crippen LogP contribution in [-0.4, -0.2) is 101 Å². The summed E-state index contributed by atoms with van der Waals surface area (Å²) in [4.78, 5) is 58.9. The molecular formula is C38H37FN14O3. The number of aromatic hydroxyl groups is 1. The average Bonchev–Trinajstić information content (AvgIpc) is 3.62. The minimum atomic E-state index is -0.772. The first kappa shape index (κ1) is 37.1. The molecule has 1 aliphatic heterocycles. The normalized spacial score (nSPS) is 13.5. The van der Waals surface area contributed by atoms with E-state index in [0.29, 0.717) is 60.8 Å². The fourth-order valence-electron chi connectivity index (χ4n) is 6.22. The molecule has 284 valence electrons. The fraction of sp³-hybridized carbons (Fsp3) is 0.237. The Balaban J connectivity index is 1.07. The summed E-state index contributed by atoms with van der Waals surface area (Å²) >= 11 is 0. The number of nitrogens with zero attached hydrogens (tertiary/aromatic N) is 9. The van der Waals surface area contributed by atoms with Gasteiger partial charge in [-0.1, -0.05) is 24.3 Å². The van der Waals surface area contributed by atoms with Crippen molar-refractivity contribution < 1.29 is 19.1 Å². The first-order chi connectivity index (χ1) is 27.2. The molecule has 1 atom stereocenters. The summed E-state index contributed by atoms with van der Waals surface area (Å²) in [6.45, 7) is 2.98. The van der Waals surface area contributed by atoms with Crippen LogP contribution in [-0.2, 0) is 24.3 Å². The number of aromatic nitrogens is 7. The Kier molecular flexibility index (Phi) is 11.1. The number of hydrogen-bond donors (Lipinski definition) is 6. The number of nitrogens with one attached hydrogen (secondary N) is 5. The summed E-state index contributed by atoms with van der Waals surface area (Å²) in [6, 6.07) is 20.4. The summed E-state index contributed by atoms with van der Waals surface area (Å²) < 4.78 is 13.8. The number of halogens is 1. The van der Waals surface area contributed by atoms with Crippen molar-refractivity contribution in [2.75, 3.05) is 49.2 Å². The summed E-state index contributed by atoms with van der Waals surface area (Å²) in [5.74, 6) is -0.388. The number of imidazole rings is 1. The van der Waals surface area contributed by atoms with Crippen LogP contribution >= 0.6 is 0 Å². The predicted octanol–water partition coefficient (Wildman–Crippen LogP) is 3.34. The number of nitriles is 1. The minimum Gasteiger partial charge on any atom is -0.492 e. The van der Waals surface area contributed by atoms with E-state index in [1.807, 2.05) is 24.3 Å². The lowest BCUT2D eigenvalue weighted by atomic mass is 10.0. The maximum atomic E-state index is 13.8. The van der Waals surface area contributed by atoms with Gasteiger partial charge in [0.1, 0.15) is 17.7 Å². The Bertz CT molecular complexity index is 2390. The second-order valence-corrected chi connectivity index (χ2v) is 13.0. The molecule has 18 heteroatoms. The van der Waals surface area contributed by atoms with Crippen LogP contribution < -0.4 is 21.3 Å². The topological polar surface area (TPSA) is 226 Å². The van der Waals surface area contributed by atoms with Gasteiger partial charge in [-0.05, 0) is 47.5 Å². The number of aromatic amines is 1. The number of hydrogen-bond acceptors (Lipinski definition) is 14. The van der Waals surface area contributed by atoms with E-state index in [1.54, 1.807) is 42.3 Å². The molecule has 6 N–H and O–H groups in total. The highest BCUT2D eigenvalue weighted by Crippen LogP contribution is 2.21. The Morgan fingerprint density at radius 2 is 1.70 bits per heavy atom. The highest BCUT2D eigenvalue weighted by atomic mass is 19.1. The van der Waals surface area contributed by atoms with Crippen molar-refractivity contribution in [2.45, 2.75) is 25.6 Å². The zero-order valence-electron chi connectivity index (χ0n) is 30.2. The van der Waals surface area contributed by atoms with Gasteiger partial charge in [-0.25, -0.2) is 19.3 Å². The molecular weight excluding hydrogens is 720 g/mol. The molecule has 2 amide bonds. The van der Waals surface area contributed by atoms with Crippen molar-refractivity contribution in [2.24, 2.45) is 0 Å². The van der Waals surface area contributed by atoms with Gasteiger partial charge in [0.15, 0.2) is 5.69 Å². The molecule has 0 aliphatic carbocycles. The average molecular weight is 757 g/mol. The molecule has 1 unspecified atom stereocenters. The molecule has 3 aromatic heterocycles. The lowest BCUT2D eigenvalue weighted by Gasteiger charge is -2.34. The number of rotatable bonds is 13. The third kappa shape index (κ3) is 9.09. The fourth-order valence-corrected chi connectivity index (χ4v) is 6.22. The molecule has 0 radical (unpaired) electrons. The van der Waals surface area contributed by atoms with Crippen molar-refractivity contribution >= 4 is 46.4 Å². The summed E-state index contributed by atoms with van der Waals surface area (Å²) in [5.41, 5.74) is 4.15. The molecule has 1 saturated heterocycles. The number of carbonyl (C=O) groups excluding carboxylic acids is 2. The van der Waals surface area contributed by atoms with Crippen LogP contribution in [0.1, 0.15) is 33.0 Å². The molecule has 6 aromatic rings. The molecule has 7 rings (SSSR count). The second kappa shape index (κ2) is 16.8. The van der Waals surface area contributed by atoms with Gasteiger partial charge < -0.3 is 36.3 Å².